The Morgan fingerprint density at radius 3 is 2.35 bits per heavy atom. The molecule has 17 heavy (non-hydrogen) atoms. The van der Waals surface area contributed by atoms with E-state index < -0.39 is 0 Å². The first-order valence-electron chi connectivity index (χ1n) is 5.27. The molecule has 5 heteroatoms. The van der Waals surface area contributed by atoms with E-state index in [1.165, 1.54) is 18.2 Å². The van der Waals surface area contributed by atoms with E-state index in [2.05, 4.69) is 0 Å². The molecular formula is C12H14Cl2FNO. The van der Waals surface area contributed by atoms with E-state index in [0.29, 0.717) is 36.0 Å². The van der Waals surface area contributed by atoms with E-state index in [4.69, 9.17) is 23.2 Å². The number of hydrogen-bond acceptors (Lipinski definition) is 1. The zero-order valence-corrected chi connectivity index (χ0v) is 11.1. The van der Waals surface area contributed by atoms with Gasteiger partial charge in [-0.25, -0.2) is 4.39 Å². The third-order valence-corrected chi connectivity index (χ3v) is 2.75. The van der Waals surface area contributed by atoms with Crippen LogP contribution in [-0.2, 0) is 0 Å². The maximum atomic E-state index is 12.9. The van der Waals surface area contributed by atoms with Crippen molar-refractivity contribution < 1.29 is 9.18 Å². The summed E-state index contributed by atoms with van der Waals surface area (Å²) in [6.07, 6.45) is 0. The van der Waals surface area contributed by atoms with Crippen LogP contribution in [0.25, 0.3) is 0 Å². The fourth-order valence-corrected chi connectivity index (χ4v) is 1.96. The van der Waals surface area contributed by atoms with Crippen LogP contribution in [0.3, 0.4) is 0 Å². The van der Waals surface area contributed by atoms with Crippen LogP contribution in [0.5, 0.6) is 0 Å². The average Bonchev–Trinajstić information content (AvgIpc) is 2.28. The van der Waals surface area contributed by atoms with Crippen LogP contribution in [0.2, 0.25) is 0 Å². The second-order valence-corrected chi connectivity index (χ2v) is 4.39. The van der Waals surface area contributed by atoms with Gasteiger partial charge in [0, 0.05) is 30.4 Å². The number of rotatable bonds is 5. The summed E-state index contributed by atoms with van der Waals surface area (Å²) in [5.74, 6) is 0.190. The van der Waals surface area contributed by atoms with Gasteiger partial charge in [-0.2, -0.15) is 0 Å². The molecule has 94 valence electrons. The molecule has 0 radical (unpaired) electrons. The fraction of sp³-hybridized carbons (Fsp3) is 0.417. The SMILES string of the molecule is Cc1cc(F)ccc1C(=O)N(CCCl)CCCl. The van der Waals surface area contributed by atoms with E-state index in [1.54, 1.807) is 11.8 Å². The lowest BCUT2D eigenvalue weighted by Gasteiger charge is -2.21. The summed E-state index contributed by atoms with van der Waals surface area (Å²) in [4.78, 5) is 13.7. The molecule has 1 rings (SSSR count). The molecule has 2 nitrogen and oxygen atoms in total. The number of halogens is 3. The second kappa shape index (κ2) is 6.82. The molecule has 0 atom stereocenters. The van der Waals surface area contributed by atoms with Crippen LogP contribution in [0.4, 0.5) is 4.39 Å². The molecule has 1 aromatic rings. The van der Waals surface area contributed by atoms with Crippen molar-refractivity contribution in [3.8, 4) is 0 Å². The molecule has 1 amide bonds. The van der Waals surface area contributed by atoms with Crippen molar-refractivity contribution in [1.82, 2.24) is 4.90 Å². The first kappa shape index (κ1) is 14.3. The standard InChI is InChI=1S/C12H14Cl2FNO/c1-9-8-10(15)2-3-11(9)12(17)16(6-4-13)7-5-14/h2-3,8H,4-7H2,1H3. The van der Waals surface area contributed by atoms with Crippen LogP contribution in [-0.4, -0.2) is 35.7 Å². The minimum absolute atomic E-state index is 0.163. The van der Waals surface area contributed by atoms with Crippen LogP contribution >= 0.6 is 23.2 Å². The average molecular weight is 278 g/mol. The molecule has 0 fully saturated rings. The summed E-state index contributed by atoms with van der Waals surface area (Å²) in [6, 6.07) is 4.11. The Hall–Kier alpha value is -0.800. The highest BCUT2D eigenvalue weighted by molar-refractivity contribution is 6.18. The second-order valence-electron chi connectivity index (χ2n) is 3.63. The Bertz CT molecular complexity index is 392. The van der Waals surface area contributed by atoms with E-state index in [-0.39, 0.29) is 11.7 Å². The minimum Gasteiger partial charge on any atom is -0.336 e. The van der Waals surface area contributed by atoms with E-state index in [9.17, 15) is 9.18 Å². The predicted octanol–water partition coefficient (Wildman–Crippen LogP) is 3.05. The summed E-state index contributed by atoms with van der Waals surface area (Å²) >= 11 is 11.3. The van der Waals surface area contributed by atoms with Crippen LogP contribution in [0, 0.1) is 12.7 Å². The van der Waals surface area contributed by atoms with Gasteiger partial charge in [0.1, 0.15) is 5.82 Å². The van der Waals surface area contributed by atoms with Gasteiger partial charge in [0.15, 0.2) is 0 Å². The largest absolute Gasteiger partial charge is 0.336 e. The predicted molar refractivity (Wildman–Crippen MR) is 68.5 cm³/mol. The zero-order chi connectivity index (χ0) is 12.8. The lowest BCUT2D eigenvalue weighted by atomic mass is 10.1. The summed E-state index contributed by atoms with van der Waals surface area (Å²) in [5.41, 5.74) is 1.10. The first-order valence-corrected chi connectivity index (χ1v) is 6.34. The number of aryl methyl sites for hydroxylation is 1. The van der Waals surface area contributed by atoms with Crippen molar-refractivity contribution in [2.24, 2.45) is 0 Å². The monoisotopic (exact) mass is 277 g/mol. The van der Waals surface area contributed by atoms with Crippen molar-refractivity contribution in [3.05, 3.63) is 35.1 Å². The van der Waals surface area contributed by atoms with Gasteiger partial charge in [-0.15, -0.1) is 23.2 Å². The van der Waals surface area contributed by atoms with E-state index in [0.717, 1.165) is 0 Å². The maximum Gasteiger partial charge on any atom is 0.254 e. The summed E-state index contributed by atoms with van der Waals surface area (Å²) in [6.45, 7) is 2.57. The number of carbonyl (C=O) groups is 1. The molecule has 0 N–H and O–H groups in total. The third-order valence-electron chi connectivity index (χ3n) is 2.41. The molecule has 0 heterocycles. The molecule has 0 saturated heterocycles. The van der Waals surface area contributed by atoms with Gasteiger partial charge in [0.05, 0.1) is 0 Å². The maximum absolute atomic E-state index is 12.9. The van der Waals surface area contributed by atoms with Crippen LogP contribution < -0.4 is 0 Å². The van der Waals surface area contributed by atoms with Crippen molar-refractivity contribution in [2.75, 3.05) is 24.8 Å². The molecule has 0 aliphatic rings. The van der Waals surface area contributed by atoms with Gasteiger partial charge in [-0.3, -0.25) is 4.79 Å². The van der Waals surface area contributed by atoms with Gasteiger partial charge in [0.2, 0.25) is 0 Å². The van der Waals surface area contributed by atoms with E-state index in [1.807, 2.05) is 0 Å². The number of carbonyl (C=O) groups excluding carboxylic acids is 1. The smallest absolute Gasteiger partial charge is 0.254 e. The van der Waals surface area contributed by atoms with Crippen molar-refractivity contribution >= 4 is 29.1 Å². The summed E-state index contributed by atoms with van der Waals surface area (Å²) in [5, 5.41) is 0. The number of alkyl halides is 2. The highest BCUT2D eigenvalue weighted by Gasteiger charge is 2.16. The number of amides is 1. The number of benzene rings is 1. The quantitative estimate of drug-likeness (QED) is 0.758. The molecule has 0 aromatic heterocycles. The van der Waals surface area contributed by atoms with Gasteiger partial charge < -0.3 is 4.90 Å². The lowest BCUT2D eigenvalue weighted by Crippen LogP contribution is -2.34. The molecule has 0 spiro atoms. The first-order chi connectivity index (χ1) is 8.10. The number of nitrogens with zero attached hydrogens (tertiary/aromatic N) is 1. The van der Waals surface area contributed by atoms with Gasteiger partial charge >= 0.3 is 0 Å². The third kappa shape index (κ3) is 3.86. The Morgan fingerprint density at radius 1 is 1.29 bits per heavy atom. The summed E-state index contributed by atoms with van der Waals surface area (Å²) in [7, 11) is 0. The van der Waals surface area contributed by atoms with Crippen molar-refractivity contribution in [3.63, 3.8) is 0 Å². The molecule has 0 unspecified atom stereocenters. The Balaban J connectivity index is 2.92. The molecular weight excluding hydrogens is 264 g/mol. The fourth-order valence-electron chi connectivity index (χ4n) is 1.56. The Morgan fingerprint density at radius 2 is 1.88 bits per heavy atom. The molecule has 0 bridgehead atoms. The van der Waals surface area contributed by atoms with Gasteiger partial charge in [-0.1, -0.05) is 0 Å². The minimum atomic E-state index is -0.347. The Labute approximate surface area is 110 Å². The zero-order valence-electron chi connectivity index (χ0n) is 9.55. The molecule has 1 aromatic carbocycles. The van der Waals surface area contributed by atoms with Gasteiger partial charge in [-0.05, 0) is 30.7 Å². The van der Waals surface area contributed by atoms with Crippen LogP contribution in [0.15, 0.2) is 18.2 Å². The summed E-state index contributed by atoms with van der Waals surface area (Å²) < 4.78 is 12.9. The topological polar surface area (TPSA) is 20.3 Å². The highest BCUT2D eigenvalue weighted by Crippen LogP contribution is 2.13. The molecule has 0 aliphatic heterocycles. The molecule has 0 saturated carbocycles. The van der Waals surface area contributed by atoms with Crippen molar-refractivity contribution in [2.45, 2.75) is 6.92 Å². The molecule has 0 aliphatic carbocycles. The highest BCUT2D eigenvalue weighted by atomic mass is 35.5. The Kier molecular flexibility index (Phi) is 5.72. The van der Waals surface area contributed by atoms with Crippen molar-refractivity contribution in [1.29, 1.82) is 0 Å². The lowest BCUT2D eigenvalue weighted by molar-refractivity contribution is 0.0774. The van der Waals surface area contributed by atoms with Crippen LogP contribution in [0.1, 0.15) is 15.9 Å². The van der Waals surface area contributed by atoms with Gasteiger partial charge in [0.25, 0.3) is 5.91 Å². The van der Waals surface area contributed by atoms with E-state index >= 15 is 0 Å². The normalized spacial score (nSPS) is 10.4. The number of hydrogen-bond donors (Lipinski definition) is 0.